The van der Waals surface area contributed by atoms with Crippen molar-refractivity contribution in [3.05, 3.63) is 117 Å². The highest BCUT2D eigenvalue weighted by molar-refractivity contribution is 6.07. The predicted octanol–water partition coefficient (Wildman–Crippen LogP) is 4.15. The van der Waals surface area contributed by atoms with E-state index in [2.05, 4.69) is 18.8 Å². The summed E-state index contributed by atoms with van der Waals surface area (Å²) in [6.45, 7) is 4.65. The average molecular weight is 457 g/mol. The number of anilines is 1. The number of para-hydroxylation sites is 1. The van der Waals surface area contributed by atoms with Crippen molar-refractivity contribution in [3.8, 4) is 0 Å². The van der Waals surface area contributed by atoms with E-state index in [1.54, 1.807) is 30.4 Å². The number of aromatic nitrogens is 1. The fraction of sp³-hybridized carbons (Fsp3) is 0.192. The number of pyridine rings is 1. The van der Waals surface area contributed by atoms with Gasteiger partial charge in [-0.3, -0.25) is 14.9 Å². The van der Waals surface area contributed by atoms with Crippen LogP contribution in [0.4, 0.5) is 5.69 Å². The van der Waals surface area contributed by atoms with Gasteiger partial charge in [0.25, 0.3) is 5.70 Å². The number of rotatable bonds is 6. The van der Waals surface area contributed by atoms with Gasteiger partial charge >= 0.3 is 5.97 Å². The van der Waals surface area contributed by atoms with Crippen molar-refractivity contribution in [2.75, 3.05) is 18.1 Å². The first-order valence-corrected chi connectivity index (χ1v) is 10.7. The number of ketones is 1. The number of ether oxygens (including phenoxy) is 1. The molecule has 0 bridgehead atoms. The molecule has 8 heteroatoms. The number of benzene rings is 1. The topological polar surface area (TPSA) is 103 Å². The zero-order valence-electron chi connectivity index (χ0n) is 18.8. The number of hydrogen-bond donors (Lipinski definition) is 0. The van der Waals surface area contributed by atoms with Gasteiger partial charge in [-0.15, -0.1) is 0 Å². The van der Waals surface area contributed by atoms with Crippen molar-refractivity contribution in [2.45, 2.75) is 19.3 Å². The van der Waals surface area contributed by atoms with Crippen molar-refractivity contribution in [2.24, 2.45) is 0 Å². The smallest absolute Gasteiger partial charge is 0.356 e. The van der Waals surface area contributed by atoms with Crippen LogP contribution in [0.5, 0.6) is 0 Å². The summed E-state index contributed by atoms with van der Waals surface area (Å²) < 4.78 is 5.44. The van der Waals surface area contributed by atoms with Crippen LogP contribution in [0.3, 0.4) is 0 Å². The van der Waals surface area contributed by atoms with Crippen molar-refractivity contribution >= 4 is 17.4 Å². The van der Waals surface area contributed by atoms with Crippen molar-refractivity contribution in [1.82, 2.24) is 4.98 Å². The van der Waals surface area contributed by atoms with Crippen LogP contribution in [-0.4, -0.2) is 34.8 Å². The molecule has 2 aromatic rings. The zero-order valence-corrected chi connectivity index (χ0v) is 18.8. The Morgan fingerprint density at radius 2 is 1.91 bits per heavy atom. The highest BCUT2D eigenvalue weighted by Gasteiger charge is 2.39. The first-order chi connectivity index (χ1) is 16.3. The van der Waals surface area contributed by atoms with Gasteiger partial charge in [0.15, 0.2) is 5.78 Å². The van der Waals surface area contributed by atoms with E-state index >= 15 is 0 Å². The Morgan fingerprint density at radius 1 is 1.15 bits per heavy atom. The lowest BCUT2D eigenvalue weighted by Gasteiger charge is -2.27. The third-order valence-corrected chi connectivity index (χ3v) is 5.85. The standard InChI is InChI=1S/C26H23N3O5/c1-26(2)20-7-3-4-9-22(20)28(15-16-34-25(31)21-8-5-6-14-27-21)24(26)13-10-18-17-19(29(32)33)11-12-23(18)30/h3-14,17H,15-16H2,1-2H3/b18-10-,24-13+. The molecule has 0 atom stereocenters. The molecule has 1 aliphatic heterocycles. The van der Waals surface area contributed by atoms with E-state index in [1.165, 1.54) is 24.4 Å². The quantitative estimate of drug-likeness (QED) is 0.278. The molecule has 0 amide bonds. The fourth-order valence-electron chi connectivity index (χ4n) is 4.12. The molecular weight excluding hydrogens is 434 g/mol. The zero-order chi connectivity index (χ0) is 24.3. The second-order valence-corrected chi connectivity index (χ2v) is 8.34. The number of nitrogens with zero attached hydrogens (tertiary/aromatic N) is 3. The summed E-state index contributed by atoms with van der Waals surface area (Å²) in [7, 11) is 0. The molecule has 0 N–H and O–H groups in total. The van der Waals surface area contributed by atoms with Crippen LogP contribution in [0.2, 0.25) is 0 Å². The molecule has 0 spiro atoms. The van der Waals surface area contributed by atoms with Crippen LogP contribution in [0.1, 0.15) is 29.9 Å². The summed E-state index contributed by atoms with van der Waals surface area (Å²) >= 11 is 0. The number of carbonyl (C=O) groups is 2. The minimum absolute atomic E-state index is 0.126. The summed E-state index contributed by atoms with van der Waals surface area (Å²) in [5, 5.41) is 11.1. The van der Waals surface area contributed by atoms with E-state index < -0.39 is 16.3 Å². The van der Waals surface area contributed by atoms with Gasteiger partial charge in [0, 0.05) is 40.7 Å². The molecule has 1 aromatic carbocycles. The van der Waals surface area contributed by atoms with Gasteiger partial charge in [0.2, 0.25) is 0 Å². The Balaban J connectivity index is 1.62. The van der Waals surface area contributed by atoms with E-state index in [4.69, 9.17) is 4.74 Å². The Kier molecular flexibility index (Phi) is 6.23. The molecule has 0 fully saturated rings. The van der Waals surface area contributed by atoms with Crippen LogP contribution in [-0.2, 0) is 14.9 Å². The molecule has 2 heterocycles. The van der Waals surface area contributed by atoms with Crippen LogP contribution < -0.4 is 4.90 Å². The second-order valence-electron chi connectivity index (χ2n) is 8.34. The van der Waals surface area contributed by atoms with Gasteiger partial charge in [-0.05, 0) is 42.0 Å². The van der Waals surface area contributed by atoms with Crippen LogP contribution in [0.15, 0.2) is 96.0 Å². The Morgan fingerprint density at radius 3 is 2.65 bits per heavy atom. The fourth-order valence-corrected chi connectivity index (χ4v) is 4.12. The maximum Gasteiger partial charge on any atom is 0.356 e. The maximum atomic E-state index is 12.3. The number of allylic oxidation sites excluding steroid dienone is 7. The molecule has 1 aromatic heterocycles. The molecule has 2 aliphatic rings. The lowest BCUT2D eigenvalue weighted by Crippen LogP contribution is -2.29. The summed E-state index contributed by atoms with van der Waals surface area (Å²) in [6.07, 6.45) is 8.61. The Labute approximate surface area is 196 Å². The van der Waals surface area contributed by atoms with Gasteiger partial charge in [0.05, 0.1) is 11.5 Å². The van der Waals surface area contributed by atoms with E-state index in [1.807, 2.05) is 29.2 Å². The SMILES string of the molecule is CC1(C)/C(=C\C=C2\C=C([N+](=O)[O-])C=CC2=O)N(CCOC(=O)c2ccccn2)c2ccccc21. The summed E-state index contributed by atoms with van der Waals surface area (Å²) in [5.74, 6) is -0.802. The summed E-state index contributed by atoms with van der Waals surface area (Å²) in [4.78, 5) is 41.2. The summed E-state index contributed by atoms with van der Waals surface area (Å²) in [5.41, 5.74) is 2.87. The van der Waals surface area contributed by atoms with E-state index in [0.29, 0.717) is 6.54 Å². The van der Waals surface area contributed by atoms with Gasteiger partial charge in [-0.2, -0.15) is 0 Å². The van der Waals surface area contributed by atoms with E-state index in [-0.39, 0.29) is 29.4 Å². The van der Waals surface area contributed by atoms with Crippen LogP contribution >= 0.6 is 0 Å². The molecule has 4 rings (SSSR count). The molecule has 0 radical (unpaired) electrons. The highest BCUT2D eigenvalue weighted by Crippen LogP contribution is 2.47. The monoisotopic (exact) mass is 457 g/mol. The van der Waals surface area contributed by atoms with Gasteiger partial charge in [-0.1, -0.05) is 38.1 Å². The van der Waals surface area contributed by atoms with Crippen molar-refractivity contribution in [3.63, 3.8) is 0 Å². The number of hydrogen-bond acceptors (Lipinski definition) is 7. The molecular formula is C26H23N3O5. The molecule has 0 saturated heterocycles. The average Bonchev–Trinajstić information content (AvgIpc) is 3.05. The molecule has 0 saturated carbocycles. The normalized spacial score (nSPS) is 18.7. The first kappa shape index (κ1) is 22.8. The van der Waals surface area contributed by atoms with Gasteiger partial charge in [0.1, 0.15) is 12.3 Å². The molecule has 8 nitrogen and oxygen atoms in total. The molecule has 1 aliphatic carbocycles. The van der Waals surface area contributed by atoms with Crippen molar-refractivity contribution < 1.29 is 19.2 Å². The van der Waals surface area contributed by atoms with E-state index in [0.717, 1.165) is 16.9 Å². The minimum Gasteiger partial charge on any atom is -0.459 e. The highest BCUT2D eigenvalue weighted by atomic mass is 16.6. The predicted molar refractivity (Wildman–Crippen MR) is 127 cm³/mol. The van der Waals surface area contributed by atoms with Crippen LogP contribution in [0, 0.1) is 10.1 Å². The third-order valence-electron chi connectivity index (χ3n) is 5.85. The number of carbonyl (C=O) groups excluding carboxylic acids is 2. The van der Waals surface area contributed by atoms with Gasteiger partial charge < -0.3 is 9.64 Å². The van der Waals surface area contributed by atoms with Crippen molar-refractivity contribution in [1.29, 1.82) is 0 Å². The Hall–Kier alpha value is -4.33. The third kappa shape index (κ3) is 4.43. The number of esters is 1. The second kappa shape index (κ2) is 9.27. The van der Waals surface area contributed by atoms with Gasteiger partial charge in [-0.25, -0.2) is 9.78 Å². The number of nitro groups is 1. The summed E-state index contributed by atoms with van der Waals surface area (Å²) in [6, 6.07) is 13.0. The molecule has 34 heavy (non-hydrogen) atoms. The molecule has 172 valence electrons. The number of fused-ring (bicyclic) bond motifs is 1. The largest absolute Gasteiger partial charge is 0.459 e. The van der Waals surface area contributed by atoms with Crippen LogP contribution in [0.25, 0.3) is 0 Å². The lowest BCUT2D eigenvalue weighted by molar-refractivity contribution is -0.419. The maximum absolute atomic E-state index is 12.3. The Bertz CT molecular complexity index is 1270. The minimum atomic E-state index is -0.526. The lowest BCUT2D eigenvalue weighted by atomic mass is 9.83. The first-order valence-electron chi connectivity index (χ1n) is 10.7. The molecule has 0 unspecified atom stereocenters. The van der Waals surface area contributed by atoms with E-state index in [9.17, 15) is 19.7 Å².